The molecule has 1 saturated carbocycles. The summed E-state index contributed by atoms with van der Waals surface area (Å²) in [6.45, 7) is 2.17. The zero-order valence-corrected chi connectivity index (χ0v) is 21.8. The van der Waals surface area contributed by atoms with Gasteiger partial charge in [0.1, 0.15) is 6.26 Å². The molecule has 0 bridgehead atoms. The lowest BCUT2D eigenvalue weighted by atomic mass is 9.86. The van der Waals surface area contributed by atoms with Gasteiger partial charge in [-0.05, 0) is 61.4 Å². The lowest BCUT2D eigenvalue weighted by Crippen LogP contribution is -2.26. The number of amides is 1. The van der Waals surface area contributed by atoms with E-state index in [1.807, 2.05) is 12.1 Å². The first-order chi connectivity index (χ1) is 17.5. The van der Waals surface area contributed by atoms with Crippen LogP contribution in [0.1, 0.15) is 104 Å². The Morgan fingerprint density at radius 3 is 2.75 bits per heavy atom. The Kier molecular flexibility index (Phi) is 9.82. The van der Waals surface area contributed by atoms with E-state index in [1.54, 1.807) is 6.07 Å². The van der Waals surface area contributed by atoms with Crippen molar-refractivity contribution in [2.24, 2.45) is 5.92 Å². The fourth-order valence-electron chi connectivity index (χ4n) is 5.61. The number of nitrogens with one attached hydrogen (secondary N) is 1. The number of halogens is 1. The molecule has 4 rings (SSSR count). The molecular weight excluding hydrogens is 478 g/mol. The topological polar surface area (TPSA) is 95.7 Å². The van der Waals surface area contributed by atoms with Gasteiger partial charge in [-0.25, -0.2) is 4.98 Å². The van der Waals surface area contributed by atoms with Gasteiger partial charge in [-0.3, -0.25) is 14.5 Å². The number of hydrogen-bond acceptors (Lipinski definition) is 5. The van der Waals surface area contributed by atoms with Crippen molar-refractivity contribution in [2.75, 3.05) is 13.1 Å². The van der Waals surface area contributed by atoms with Gasteiger partial charge in [-0.15, -0.1) is 0 Å². The summed E-state index contributed by atoms with van der Waals surface area (Å²) < 4.78 is 5.76. The number of benzene rings is 1. The van der Waals surface area contributed by atoms with Crippen LogP contribution in [0.25, 0.3) is 0 Å². The lowest BCUT2D eigenvalue weighted by Gasteiger charge is -2.23. The van der Waals surface area contributed by atoms with Crippen molar-refractivity contribution in [2.45, 2.75) is 89.6 Å². The first-order valence-electron chi connectivity index (χ1n) is 13.5. The van der Waals surface area contributed by atoms with E-state index < -0.39 is 5.97 Å². The molecule has 0 radical (unpaired) electrons. The van der Waals surface area contributed by atoms with Crippen LogP contribution in [0.3, 0.4) is 0 Å². The van der Waals surface area contributed by atoms with Crippen molar-refractivity contribution in [1.29, 1.82) is 0 Å². The average molecular weight is 516 g/mol. The van der Waals surface area contributed by atoms with Crippen LogP contribution in [0.15, 0.2) is 28.9 Å². The highest BCUT2D eigenvalue weighted by Crippen LogP contribution is 2.34. The summed E-state index contributed by atoms with van der Waals surface area (Å²) in [4.78, 5) is 30.5. The molecule has 2 N–H and O–H groups in total. The smallest absolute Gasteiger partial charge is 0.303 e. The molecule has 2 aliphatic rings. The average Bonchev–Trinajstić information content (AvgIpc) is 3.53. The van der Waals surface area contributed by atoms with Crippen LogP contribution in [-0.2, 0) is 17.8 Å². The summed E-state index contributed by atoms with van der Waals surface area (Å²) >= 11 is 6.25. The molecule has 1 saturated heterocycles. The molecule has 7 nitrogen and oxygen atoms in total. The monoisotopic (exact) mass is 515 g/mol. The molecule has 1 aromatic carbocycles. The van der Waals surface area contributed by atoms with Crippen LogP contribution in [0.4, 0.5) is 0 Å². The molecule has 0 spiro atoms. The van der Waals surface area contributed by atoms with Crippen molar-refractivity contribution >= 4 is 23.5 Å². The van der Waals surface area contributed by atoms with Crippen molar-refractivity contribution < 1.29 is 19.1 Å². The summed E-state index contributed by atoms with van der Waals surface area (Å²) in [7, 11) is 0. The molecule has 1 aliphatic carbocycles. The highest BCUT2D eigenvalue weighted by molar-refractivity contribution is 6.30. The minimum absolute atomic E-state index is 0.0200. The van der Waals surface area contributed by atoms with Crippen LogP contribution >= 0.6 is 11.6 Å². The predicted octanol–water partition coefficient (Wildman–Crippen LogP) is 6.16. The summed E-state index contributed by atoms with van der Waals surface area (Å²) in [6, 6.07) is 5.61. The summed E-state index contributed by atoms with van der Waals surface area (Å²) in [5.74, 6) is 0.439. The first kappa shape index (κ1) is 26.7. The van der Waals surface area contributed by atoms with Gasteiger partial charge >= 0.3 is 5.97 Å². The third-order valence-corrected chi connectivity index (χ3v) is 7.84. The number of aliphatic carboxylic acids is 1. The number of hydrogen-bond donors (Lipinski definition) is 2. The lowest BCUT2D eigenvalue weighted by molar-refractivity contribution is -0.136. The van der Waals surface area contributed by atoms with Gasteiger partial charge < -0.3 is 14.8 Å². The molecule has 1 amide bonds. The maximum absolute atomic E-state index is 12.6. The molecule has 1 aliphatic heterocycles. The number of carboxylic acids is 1. The SMILES string of the molecule is O=C(O)CCc1ccc(Cl)cc1CN1CCC[C@@H]1c1nc(C(=O)NCCCCC2CCCCC2)co1. The first-order valence-corrected chi connectivity index (χ1v) is 13.8. The summed E-state index contributed by atoms with van der Waals surface area (Å²) in [5.41, 5.74) is 2.34. The largest absolute Gasteiger partial charge is 0.481 e. The van der Waals surface area contributed by atoms with E-state index in [0.29, 0.717) is 36.1 Å². The molecule has 36 heavy (non-hydrogen) atoms. The van der Waals surface area contributed by atoms with E-state index in [0.717, 1.165) is 49.3 Å². The number of rotatable bonds is 12. The Morgan fingerprint density at radius 2 is 1.94 bits per heavy atom. The number of likely N-dealkylation sites (tertiary alicyclic amines) is 1. The van der Waals surface area contributed by atoms with E-state index >= 15 is 0 Å². The Morgan fingerprint density at radius 1 is 1.11 bits per heavy atom. The minimum Gasteiger partial charge on any atom is -0.481 e. The zero-order chi connectivity index (χ0) is 25.3. The highest BCUT2D eigenvalue weighted by Gasteiger charge is 2.31. The molecule has 2 heterocycles. The van der Waals surface area contributed by atoms with Crippen molar-refractivity contribution in [3.8, 4) is 0 Å². The normalized spacial score (nSPS) is 19.0. The quantitative estimate of drug-likeness (QED) is 0.328. The van der Waals surface area contributed by atoms with E-state index in [1.165, 1.54) is 44.8 Å². The van der Waals surface area contributed by atoms with Crippen molar-refractivity contribution in [1.82, 2.24) is 15.2 Å². The molecule has 2 fully saturated rings. The number of carbonyl (C=O) groups excluding carboxylic acids is 1. The maximum Gasteiger partial charge on any atom is 0.303 e. The van der Waals surface area contributed by atoms with Gasteiger partial charge in [0.2, 0.25) is 5.89 Å². The van der Waals surface area contributed by atoms with Crippen molar-refractivity contribution in [3.63, 3.8) is 0 Å². The van der Waals surface area contributed by atoms with E-state index in [2.05, 4.69) is 15.2 Å². The zero-order valence-electron chi connectivity index (χ0n) is 21.0. The Hall–Kier alpha value is -2.38. The standard InChI is InChI=1S/C28H38ClN3O4/c29-23-13-11-21(12-14-26(33)34)22(17-23)18-32-16-6-10-25(32)28-31-24(19-36-28)27(35)30-15-5-4-9-20-7-2-1-3-8-20/h11,13,17,19-20,25H,1-10,12,14-16,18H2,(H,30,35)(H,33,34)/t25-/m1/s1. The number of carboxylic acid groups (broad SMARTS) is 1. The molecule has 1 atom stereocenters. The fraction of sp³-hybridized carbons (Fsp3) is 0.607. The number of aromatic nitrogens is 1. The van der Waals surface area contributed by atoms with Crippen LogP contribution in [0.5, 0.6) is 0 Å². The van der Waals surface area contributed by atoms with Gasteiger partial charge in [0, 0.05) is 24.5 Å². The molecule has 1 aromatic heterocycles. The van der Waals surface area contributed by atoms with Gasteiger partial charge in [-0.2, -0.15) is 0 Å². The number of aryl methyl sites for hydroxylation is 1. The van der Waals surface area contributed by atoms with Gasteiger partial charge in [0.15, 0.2) is 5.69 Å². The highest BCUT2D eigenvalue weighted by atomic mass is 35.5. The van der Waals surface area contributed by atoms with Crippen molar-refractivity contribution in [3.05, 3.63) is 52.2 Å². The molecule has 8 heteroatoms. The van der Waals surface area contributed by atoms with E-state index in [4.69, 9.17) is 21.1 Å². The number of unbranched alkanes of at least 4 members (excludes halogenated alkanes) is 1. The van der Waals surface area contributed by atoms with Crippen LogP contribution < -0.4 is 5.32 Å². The van der Waals surface area contributed by atoms with Gasteiger partial charge in [0.25, 0.3) is 5.91 Å². The van der Waals surface area contributed by atoms with Gasteiger partial charge in [-0.1, -0.05) is 62.6 Å². The summed E-state index contributed by atoms with van der Waals surface area (Å²) in [6.07, 6.45) is 14.2. The van der Waals surface area contributed by atoms with Gasteiger partial charge in [0.05, 0.1) is 6.04 Å². The second kappa shape index (κ2) is 13.2. The number of oxazole rings is 1. The van der Waals surface area contributed by atoms with E-state index in [-0.39, 0.29) is 18.4 Å². The van der Waals surface area contributed by atoms with E-state index in [9.17, 15) is 9.59 Å². The van der Waals surface area contributed by atoms with Crippen LogP contribution in [0, 0.1) is 5.92 Å². The molecule has 0 unspecified atom stereocenters. The number of carbonyl (C=O) groups is 2. The number of nitrogens with zero attached hydrogens (tertiary/aromatic N) is 2. The minimum atomic E-state index is -0.815. The third-order valence-electron chi connectivity index (χ3n) is 7.60. The Bertz CT molecular complexity index is 1020. The van der Waals surface area contributed by atoms with Crippen LogP contribution in [-0.4, -0.2) is 40.0 Å². The summed E-state index contributed by atoms with van der Waals surface area (Å²) in [5, 5.41) is 12.7. The van der Waals surface area contributed by atoms with Crippen LogP contribution in [0.2, 0.25) is 5.02 Å². The fourth-order valence-corrected chi connectivity index (χ4v) is 5.81. The molecule has 196 valence electrons. The molecule has 2 aromatic rings. The molecular formula is C28H38ClN3O4. The second-order valence-electron chi connectivity index (χ2n) is 10.3. The second-order valence-corrected chi connectivity index (χ2v) is 10.7. The predicted molar refractivity (Wildman–Crippen MR) is 139 cm³/mol. The third kappa shape index (κ3) is 7.56. The maximum atomic E-state index is 12.6. The Balaban J connectivity index is 1.29. The Labute approximate surface area is 218 Å².